The molecule has 0 radical (unpaired) electrons. The third-order valence-electron chi connectivity index (χ3n) is 3.26. The van der Waals surface area contributed by atoms with Crippen LogP contribution in [-0.4, -0.2) is 13.1 Å². The molecule has 1 aromatic rings. The van der Waals surface area contributed by atoms with Gasteiger partial charge in [-0.1, -0.05) is 26.8 Å². The van der Waals surface area contributed by atoms with Gasteiger partial charge in [0.05, 0.1) is 0 Å². The Morgan fingerprint density at radius 3 is 2.50 bits per heavy atom. The molecule has 0 aliphatic heterocycles. The number of halogens is 1. The van der Waals surface area contributed by atoms with Crippen LogP contribution in [0.25, 0.3) is 0 Å². The minimum Gasteiger partial charge on any atom is -0.316 e. The molecular formula is C16H26FN. The van der Waals surface area contributed by atoms with Crippen molar-refractivity contribution in [3.63, 3.8) is 0 Å². The number of hydrogen-bond acceptors (Lipinski definition) is 1. The maximum absolute atomic E-state index is 13.0. The zero-order valence-electron chi connectivity index (χ0n) is 12.1. The van der Waals surface area contributed by atoms with E-state index in [4.69, 9.17) is 0 Å². The quantitative estimate of drug-likeness (QED) is 0.773. The number of nitrogens with one attached hydrogen (secondary N) is 1. The molecule has 0 fully saturated rings. The molecule has 0 saturated heterocycles. The van der Waals surface area contributed by atoms with Crippen LogP contribution in [0.4, 0.5) is 4.39 Å². The molecule has 0 bridgehead atoms. The number of benzene rings is 1. The van der Waals surface area contributed by atoms with E-state index in [1.54, 1.807) is 12.1 Å². The van der Waals surface area contributed by atoms with Crippen molar-refractivity contribution >= 4 is 0 Å². The first-order chi connectivity index (χ1) is 8.49. The van der Waals surface area contributed by atoms with Gasteiger partial charge in [0.25, 0.3) is 0 Å². The molecule has 0 spiro atoms. The summed E-state index contributed by atoms with van der Waals surface area (Å²) in [6, 6.07) is 5.10. The summed E-state index contributed by atoms with van der Waals surface area (Å²) < 4.78 is 13.0. The first-order valence-corrected chi connectivity index (χ1v) is 6.94. The summed E-state index contributed by atoms with van der Waals surface area (Å²) in [5, 5.41) is 3.48. The molecule has 1 unspecified atom stereocenters. The van der Waals surface area contributed by atoms with Crippen molar-refractivity contribution in [1.82, 2.24) is 5.32 Å². The molecule has 1 nitrogen and oxygen atoms in total. The summed E-state index contributed by atoms with van der Waals surface area (Å²) in [6.07, 6.45) is 2.19. The Hall–Kier alpha value is -0.890. The van der Waals surface area contributed by atoms with Crippen molar-refractivity contribution in [1.29, 1.82) is 0 Å². The first kappa shape index (κ1) is 15.2. The second-order valence-corrected chi connectivity index (χ2v) is 5.77. The van der Waals surface area contributed by atoms with E-state index in [0.717, 1.165) is 31.5 Å². The van der Waals surface area contributed by atoms with Crippen LogP contribution in [0.5, 0.6) is 0 Å². The van der Waals surface area contributed by atoms with Gasteiger partial charge in [-0.05, 0) is 68.0 Å². The monoisotopic (exact) mass is 251 g/mol. The second-order valence-electron chi connectivity index (χ2n) is 5.77. The topological polar surface area (TPSA) is 12.0 Å². The van der Waals surface area contributed by atoms with Crippen LogP contribution >= 0.6 is 0 Å². The molecule has 1 N–H and O–H groups in total. The minimum atomic E-state index is -0.136. The SMILES string of the molecule is Cc1cc(F)ccc1CCC(C)CNCC(C)C. The third kappa shape index (κ3) is 5.63. The Bertz CT molecular complexity index is 360. The van der Waals surface area contributed by atoms with Crippen molar-refractivity contribution < 1.29 is 4.39 Å². The van der Waals surface area contributed by atoms with Crippen molar-refractivity contribution in [2.75, 3.05) is 13.1 Å². The standard InChI is InChI=1S/C16H26FN/c1-12(2)10-18-11-13(3)5-6-15-7-8-16(17)9-14(15)4/h7-9,12-13,18H,5-6,10-11H2,1-4H3. The van der Waals surface area contributed by atoms with Crippen molar-refractivity contribution in [3.8, 4) is 0 Å². The van der Waals surface area contributed by atoms with E-state index in [2.05, 4.69) is 26.1 Å². The third-order valence-corrected chi connectivity index (χ3v) is 3.26. The van der Waals surface area contributed by atoms with E-state index in [9.17, 15) is 4.39 Å². The Kier molecular flexibility index (Phi) is 6.34. The van der Waals surface area contributed by atoms with Gasteiger partial charge in [-0.3, -0.25) is 0 Å². The molecule has 0 heterocycles. The van der Waals surface area contributed by atoms with E-state index in [-0.39, 0.29) is 5.82 Å². The molecule has 0 saturated carbocycles. The van der Waals surface area contributed by atoms with Gasteiger partial charge >= 0.3 is 0 Å². The van der Waals surface area contributed by atoms with Gasteiger partial charge < -0.3 is 5.32 Å². The van der Waals surface area contributed by atoms with Crippen molar-refractivity contribution in [2.24, 2.45) is 11.8 Å². The van der Waals surface area contributed by atoms with Gasteiger partial charge in [0, 0.05) is 0 Å². The minimum absolute atomic E-state index is 0.136. The van der Waals surface area contributed by atoms with Gasteiger partial charge in [-0.2, -0.15) is 0 Å². The van der Waals surface area contributed by atoms with Crippen LogP contribution in [0, 0.1) is 24.6 Å². The summed E-state index contributed by atoms with van der Waals surface area (Å²) in [5.74, 6) is 1.23. The predicted octanol–water partition coefficient (Wildman–Crippen LogP) is 3.95. The average molecular weight is 251 g/mol. The summed E-state index contributed by atoms with van der Waals surface area (Å²) in [6.45, 7) is 10.9. The lowest BCUT2D eigenvalue weighted by Crippen LogP contribution is -2.25. The zero-order valence-corrected chi connectivity index (χ0v) is 12.1. The summed E-state index contributed by atoms with van der Waals surface area (Å²) in [4.78, 5) is 0. The van der Waals surface area contributed by atoms with Crippen LogP contribution in [0.1, 0.15) is 38.3 Å². The van der Waals surface area contributed by atoms with E-state index >= 15 is 0 Å². The van der Waals surface area contributed by atoms with Gasteiger partial charge in [0.2, 0.25) is 0 Å². The molecule has 1 aromatic carbocycles. The molecule has 18 heavy (non-hydrogen) atoms. The highest BCUT2D eigenvalue weighted by Crippen LogP contribution is 2.14. The molecule has 102 valence electrons. The molecule has 0 aromatic heterocycles. The molecule has 1 rings (SSSR count). The lowest BCUT2D eigenvalue weighted by molar-refractivity contribution is 0.453. The van der Waals surface area contributed by atoms with Crippen LogP contribution in [0.2, 0.25) is 0 Å². The van der Waals surface area contributed by atoms with Gasteiger partial charge in [-0.15, -0.1) is 0 Å². The predicted molar refractivity (Wildman–Crippen MR) is 76.3 cm³/mol. The smallest absolute Gasteiger partial charge is 0.123 e. The van der Waals surface area contributed by atoms with E-state index in [0.29, 0.717) is 11.8 Å². The van der Waals surface area contributed by atoms with Gasteiger partial charge in [0.15, 0.2) is 0 Å². The Morgan fingerprint density at radius 1 is 1.17 bits per heavy atom. The largest absolute Gasteiger partial charge is 0.316 e. The summed E-state index contributed by atoms with van der Waals surface area (Å²) >= 11 is 0. The zero-order chi connectivity index (χ0) is 13.5. The summed E-state index contributed by atoms with van der Waals surface area (Å²) in [7, 11) is 0. The fourth-order valence-electron chi connectivity index (χ4n) is 2.06. The maximum atomic E-state index is 13.0. The Morgan fingerprint density at radius 2 is 1.89 bits per heavy atom. The second kappa shape index (κ2) is 7.52. The van der Waals surface area contributed by atoms with Crippen LogP contribution in [0.3, 0.4) is 0 Å². The first-order valence-electron chi connectivity index (χ1n) is 6.94. The molecular weight excluding hydrogens is 225 g/mol. The number of aryl methyl sites for hydroxylation is 2. The lowest BCUT2D eigenvalue weighted by Gasteiger charge is -2.14. The van der Waals surface area contributed by atoms with Gasteiger partial charge in [-0.25, -0.2) is 4.39 Å². The van der Waals surface area contributed by atoms with E-state index in [1.807, 2.05) is 13.0 Å². The highest BCUT2D eigenvalue weighted by Gasteiger charge is 2.05. The fourth-order valence-corrected chi connectivity index (χ4v) is 2.06. The number of rotatable bonds is 7. The fraction of sp³-hybridized carbons (Fsp3) is 0.625. The Balaban J connectivity index is 2.31. The van der Waals surface area contributed by atoms with Gasteiger partial charge in [0.1, 0.15) is 5.82 Å². The Labute approximate surface area is 111 Å². The highest BCUT2D eigenvalue weighted by molar-refractivity contribution is 5.26. The molecule has 0 aliphatic rings. The van der Waals surface area contributed by atoms with E-state index < -0.39 is 0 Å². The van der Waals surface area contributed by atoms with Crippen molar-refractivity contribution in [2.45, 2.75) is 40.5 Å². The maximum Gasteiger partial charge on any atom is 0.123 e. The molecule has 1 atom stereocenters. The van der Waals surface area contributed by atoms with Crippen LogP contribution < -0.4 is 5.32 Å². The lowest BCUT2D eigenvalue weighted by atomic mass is 9.98. The van der Waals surface area contributed by atoms with Crippen LogP contribution in [0.15, 0.2) is 18.2 Å². The summed E-state index contributed by atoms with van der Waals surface area (Å²) in [5.41, 5.74) is 2.34. The molecule has 0 aliphatic carbocycles. The normalized spacial score (nSPS) is 13.0. The average Bonchev–Trinajstić information content (AvgIpc) is 2.27. The van der Waals surface area contributed by atoms with Crippen molar-refractivity contribution in [3.05, 3.63) is 35.1 Å². The van der Waals surface area contributed by atoms with Crippen LogP contribution in [-0.2, 0) is 6.42 Å². The highest BCUT2D eigenvalue weighted by atomic mass is 19.1. The molecule has 0 amide bonds. The number of hydrogen-bond donors (Lipinski definition) is 1. The molecule has 2 heteroatoms. The van der Waals surface area contributed by atoms with E-state index in [1.165, 1.54) is 5.56 Å².